The Labute approximate surface area is 155 Å². The van der Waals surface area contributed by atoms with Crippen molar-refractivity contribution in [1.29, 1.82) is 0 Å². The van der Waals surface area contributed by atoms with Gasteiger partial charge < -0.3 is 14.5 Å². The molecule has 6 heteroatoms. The number of hydrogen-bond acceptors (Lipinski definition) is 5. The number of hydrogen-bond donors (Lipinski definition) is 1. The lowest BCUT2D eigenvalue weighted by Gasteiger charge is -2.13. The van der Waals surface area contributed by atoms with Crippen molar-refractivity contribution < 1.29 is 13.9 Å². The maximum atomic E-state index is 12.3. The van der Waals surface area contributed by atoms with E-state index in [-0.39, 0.29) is 18.4 Å². The third-order valence-corrected chi connectivity index (χ3v) is 5.50. The lowest BCUT2D eigenvalue weighted by molar-refractivity contribution is -0.121. The molecule has 0 aliphatic carbocycles. The van der Waals surface area contributed by atoms with Crippen LogP contribution in [0.2, 0.25) is 0 Å². The lowest BCUT2D eigenvalue weighted by Crippen LogP contribution is -2.27. The Morgan fingerprint density at radius 2 is 2.15 bits per heavy atom. The monoisotopic (exact) mass is 371 g/mol. The summed E-state index contributed by atoms with van der Waals surface area (Å²) in [5.74, 6) is 0.550. The van der Waals surface area contributed by atoms with E-state index in [1.54, 1.807) is 24.5 Å². The molecule has 0 unspecified atom stereocenters. The van der Waals surface area contributed by atoms with Crippen molar-refractivity contribution >= 4 is 28.2 Å². The maximum Gasteiger partial charge on any atom is 0.339 e. The molecular weight excluding hydrogens is 350 g/mol. The molecule has 1 atom stereocenters. The van der Waals surface area contributed by atoms with Crippen LogP contribution in [0.25, 0.3) is 11.0 Å². The van der Waals surface area contributed by atoms with Crippen LogP contribution >= 0.6 is 11.3 Å². The summed E-state index contributed by atoms with van der Waals surface area (Å²) in [4.78, 5) is 25.7. The van der Waals surface area contributed by atoms with Crippen LogP contribution in [0, 0.1) is 6.92 Å². The molecule has 0 saturated carbocycles. The number of fused-ring (bicyclic) bond motifs is 1. The molecule has 0 fully saturated rings. The van der Waals surface area contributed by atoms with Crippen molar-refractivity contribution in [1.82, 2.24) is 5.32 Å². The zero-order valence-electron chi connectivity index (χ0n) is 15.0. The third-order valence-electron chi connectivity index (χ3n) is 4.44. The highest BCUT2D eigenvalue weighted by atomic mass is 32.1. The molecular formula is C20H21NO4S. The first kappa shape index (κ1) is 18.2. The van der Waals surface area contributed by atoms with E-state index in [0.717, 1.165) is 15.8 Å². The number of benzene rings is 1. The Hall–Kier alpha value is -2.60. The summed E-state index contributed by atoms with van der Waals surface area (Å²) in [6.07, 6.45) is 0.585. The van der Waals surface area contributed by atoms with E-state index in [4.69, 9.17) is 9.15 Å². The number of methoxy groups -OCH3 is 1. The molecule has 1 aromatic carbocycles. The Balaban J connectivity index is 1.74. The molecule has 5 nitrogen and oxygen atoms in total. The summed E-state index contributed by atoms with van der Waals surface area (Å²) in [6, 6.07) is 9.31. The average molecular weight is 371 g/mol. The van der Waals surface area contributed by atoms with Crippen molar-refractivity contribution in [3.05, 3.63) is 62.1 Å². The minimum Gasteiger partial charge on any atom is -0.497 e. The van der Waals surface area contributed by atoms with Crippen molar-refractivity contribution in [2.45, 2.75) is 32.7 Å². The summed E-state index contributed by atoms with van der Waals surface area (Å²) >= 11 is 1.61. The van der Waals surface area contributed by atoms with Crippen molar-refractivity contribution in [3.8, 4) is 5.75 Å². The number of thiophene rings is 1. The van der Waals surface area contributed by atoms with Gasteiger partial charge in [-0.1, -0.05) is 6.07 Å². The fraction of sp³-hybridized carbons (Fsp3) is 0.300. The zero-order chi connectivity index (χ0) is 18.7. The molecule has 0 aliphatic heterocycles. The van der Waals surface area contributed by atoms with Gasteiger partial charge in [-0.25, -0.2) is 4.79 Å². The molecule has 1 amide bonds. The summed E-state index contributed by atoms with van der Waals surface area (Å²) in [5, 5.41) is 5.80. The van der Waals surface area contributed by atoms with Crippen molar-refractivity contribution in [2.24, 2.45) is 0 Å². The van der Waals surface area contributed by atoms with E-state index in [2.05, 4.69) is 5.32 Å². The normalized spacial score (nSPS) is 12.1. The summed E-state index contributed by atoms with van der Waals surface area (Å²) in [7, 11) is 1.57. The quantitative estimate of drug-likeness (QED) is 0.666. The lowest BCUT2D eigenvalue weighted by atomic mass is 10.0. The highest BCUT2D eigenvalue weighted by Crippen LogP contribution is 2.24. The van der Waals surface area contributed by atoms with Crippen LogP contribution in [0.1, 0.15) is 35.4 Å². The van der Waals surface area contributed by atoms with Gasteiger partial charge in [-0.2, -0.15) is 0 Å². The maximum absolute atomic E-state index is 12.3. The average Bonchev–Trinajstić information content (AvgIpc) is 3.15. The number of carbonyl (C=O) groups is 1. The SMILES string of the molecule is COc1ccc2c(C)c(CCC(=O)N[C@@H](C)c3cccs3)c(=O)oc2c1. The van der Waals surface area contributed by atoms with E-state index in [9.17, 15) is 9.59 Å². The van der Waals surface area contributed by atoms with E-state index in [1.165, 1.54) is 0 Å². The van der Waals surface area contributed by atoms with Crippen LogP contribution in [0.15, 0.2) is 44.9 Å². The first-order valence-electron chi connectivity index (χ1n) is 8.42. The van der Waals surface area contributed by atoms with Gasteiger partial charge in [-0.05, 0) is 49.4 Å². The van der Waals surface area contributed by atoms with Gasteiger partial charge in [0.1, 0.15) is 11.3 Å². The minimum absolute atomic E-state index is 0.0379. The zero-order valence-corrected chi connectivity index (χ0v) is 15.8. The first-order valence-corrected chi connectivity index (χ1v) is 9.30. The molecule has 3 rings (SSSR count). The van der Waals surface area contributed by atoms with Crippen LogP contribution in [0.5, 0.6) is 5.75 Å². The van der Waals surface area contributed by atoms with Gasteiger partial charge in [0, 0.05) is 28.3 Å². The largest absolute Gasteiger partial charge is 0.497 e. The Bertz CT molecular complexity index is 975. The number of nitrogens with one attached hydrogen (secondary N) is 1. The molecule has 26 heavy (non-hydrogen) atoms. The molecule has 0 bridgehead atoms. The number of amides is 1. The van der Waals surface area contributed by atoms with Crippen LogP contribution in [-0.4, -0.2) is 13.0 Å². The fourth-order valence-corrected chi connectivity index (χ4v) is 3.69. The first-order chi connectivity index (χ1) is 12.5. The number of carbonyl (C=O) groups excluding carboxylic acids is 1. The van der Waals surface area contributed by atoms with Crippen LogP contribution in [0.4, 0.5) is 0 Å². The van der Waals surface area contributed by atoms with Crippen molar-refractivity contribution in [3.63, 3.8) is 0 Å². The summed E-state index contributed by atoms with van der Waals surface area (Å²) in [6.45, 7) is 3.83. The molecule has 0 aliphatic rings. The molecule has 136 valence electrons. The second kappa shape index (κ2) is 7.74. The second-order valence-corrected chi connectivity index (χ2v) is 7.14. The van der Waals surface area contributed by atoms with Gasteiger partial charge in [0.25, 0.3) is 0 Å². The molecule has 0 radical (unpaired) electrons. The predicted octanol–water partition coefficient (Wildman–Crippen LogP) is 3.98. The van der Waals surface area contributed by atoms with E-state index in [0.29, 0.717) is 23.3 Å². The highest BCUT2D eigenvalue weighted by Gasteiger charge is 2.15. The van der Waals surface area contributed by atoms with Crippen LogP contribution in [0.3, 0.4) is 0 Å². The molecule has 0 saturated heterocycles. The Morgan fingerprint density at radius 3 is 2.85 bits per heavy atom. The van der Waals surface area contributed by atoms with Gasteiger partial charge >= 0.3 is 5.63 Å². The number of aryl methyl sites for hydroxylation is 1. The summed E-state index contributed by atoms with van der Waals surface area (Å²) in [5.41, 5.74) is 1.48. The van der Waals surface area contributed by atoms with Gasteiger partial charge in [0.2, 0.25) is 5.91 Å². The standard InChI is InChI=1S/C20H21NO4S/c1-12-15-7-6-14(24-3)11-17(15)25-20(23)16(12)8-9-19(22)21-13(2)18-5-4-10-26-18/h4-7,10-11,13H,8-9H2,1-3H3,(H,21,22)/t13-/m0/s1. The second-order valence-electron chi connectivity index (χ2n) is 6.16. The summed E-state index contributed by atoms with van der Waals surface area (Å²) < 4.78 is 10.6. The Kier molecular flexibility index (Phi) is 5.42. The third kappa shape index (κ3) is 3.80. The van der Waals surface area contributed by atoms with Gasteiger partial charge in [-0.3, -0.25) is 4.79 Å². The molecule has 0 spiro atoms. The number of ether oxygens (including phenoxy) is 1. The Morgan fingerprint density at radius 1 is 1.35 bits per heavy atom. The van der Waals surface area contributed by atoms with Gasteiger partial charge in [0.05, 0.1) is 13.2 Å². The highest BCUT2D eigenvalue weighted by molar-refractivity contribution is 7.10. The topological polar surface area (TPSA) is 68.5 Å². The predicted molar refractivity (Wildman–Crippen MR) is 103 cm³/mol. The van der Waals surface area contributed by atoms with Crippen molar-refractivity contribution in [2.75, 3.05) is 7.11 Å². The molecule has 2 aromatic heterocycles. The minimum atomic E-state index is -0.401. The van der Waals surface area contributed by atoms with E-state index >= 15 is 0 Å². The van der Waals surface area contributed by atoms with E-state index in [1.807, 2.05) is 43.5 Å². The number of rotatable bonds is 6. The van der Waals surface area contributed by atoms with Crippen LogP contribution in [-0.2, 0) is 11.2 Å². The van der Waals surface area contributed by atoms with Gasteiger partial charge in [0.15, 0.2) is 0 Å². The molecule has 3 aromatic rings. The van der Waals surface area contributed by atoms with Gasteiger partial charge in [-0.15, -0.1) is 11.3 Å². The van der Waals surface area contributed by atoms with E-state index < -0.39 is 5.63 Å². The van der Waals surface area contributed by atoms with Crippen LogP contribution < -0.4 is 15.7 Å². The smallest absolute Gasteiger partial charge is 0.339 e. The fourth-order valence-electron chi connectivity index (χ4n) is 2.95. The molecule has 2 heterocycles. The molecule has 1 N–H and O–H groups in total.